The third-order valence-corrected chi connectivity index (χ3v) is 3.77. The molecule has 1 amide bonds. The molecule has 134 valence electrons. The van der Waals surface area contributed by atoms with Crippen molar-refractivity contribution in [1.29, 1.82) is 0 Å². The van der Waals surface area contributed by atoms with E-state index in [0.717, 1.165) is 19.3 Å². The van der Waals surface area contributed by atoms with E-state index < -0.39 is 5.97 Å². The van der Waals surface area contributed by atoms with Crippen LogP contribution in [0.1, 0.15) is 58.3 Å². The van der Waals surface area contributed by atoms with Crippen LogP contribution in [0, 0.1) is 0 Å². The number of alkyl halides is 1. The molecule has 0 aliphatic rings. The Labute approximate surface area is 152 Å². The molecule has 0 aromatic rings. The van der Waals surface area contributed by atoms with E-state index >= 15 is 0 Å². The molecule has 1 N–H and O–H groups in total. The third-order valence-electron chi connectivity index (χ3n) is 3.00. The van der Waals surface area contributed by atoms with Crippen molar-refractivity contribution in [3.05, 3.63) is 0 Å². The second-order valence-corrected chi connectivity index (χ2v) is 6.22. The molecule has 0 saturated carbocycles. The molecule has 0 aliphatic carbocycles. The molecule has 0 unspecified atom stereocenters. The molecule has 0 spiro atoms. The van der Waals surface area contributed by atoms with Gasteiger partial charge in [-0.25, -0.2) is 0 Å². The SMILES string of the molecule is CCCC(=O)OCCOC(=O)CCC(=O)NCCCCCCI. The maximum absolute atomic E-state index is 11.5. The Bertz CT molecular complexity index is 349. The van der Waals surface area contributed by atoms with Crippen molar-refractivity contribution in [3.8, 4) is 0 Å². The van der Waals surface area contributed by atoms with Crippen LogP contribution in [-0.4, -0.2) is 42.0 Å². The number of ether oxygens (including phenoxy) is 2. The van der Waals surface area contributed by atoms with Gasteiger partial charge < -0.3 is 14.8 Å². The van der Waals surface area contributed by atoms with E-state index in [1.54, 1.807) is 0 Å². The van der Waals surface area contributed by atoms with Crippen LogP contribution in [0.15, 0.2) is 0 Å². The zero-order chi connectivity index (χ0) is 17.3. The lowest BCUT2D eigenvalue weighted by Crippen LogP contribution is -2.25. The number of rotatable bonds is 14. The Morgan fingerprint density at radius 2 is 1.48 bits per heavy atom. The van der Waals surface area contributed by atoms with Gasteiger partial charge in [-0.15, -0.1) is 0 Å². The molecule has 0 radical (unpaired) electrons. The van der Waals surface area contributed by atoms with Crippen LogP contribution >= 0.6 is 22.6 Å². The normalized spacial score (nSPS) is 10.2. The van der Waals surface area contributed by atoms with Crippen LogP contribution in [0.5, 0.6) is 0 Å². The zero-order valence-electron chi connectivity index (χ0n) is 13.9. The van der Waals surface area contributed by atoms with E-state index in [1.165, 1.54) is 17.3 Å². The average molecular weight is 441 g/mol. The highest BCUT2D eigenvalue weighted by Gasteiger charge is 2.08. The van der Waals surface area contributed by atoms with Gasteiger partial charge in [-0.1, -0.05) is 42.4 Å². The number of halogens is 1. The summed E-state index contributed by atoms with van der Waals surface area (Å²) in [6.45, 7) is 2.64. The highest BCUT2D eigenvalue weighted by molar-refractivity contribution is 14.1. The summed E-state index contributed by atoms with van der Waals surface area (Å²) in [6, 6.07) is 0. The van der Waals surface area contributed by atoms with Gasteiger partial charge in [0.1, 0.15) is 13.2 Å². The molecule has 0 aliphatic heterocycles. The van der Waals surface area contributed by atoms with Gasteiger partial charge in [0.05, 0.1) is 6.42 Å². The van der Waals surface area contributed by atoms with Crippen molar-refractivity contribution >= 4 is 40.4 Å². The van der Waals surface area contributed by atoms with Gasteiger partial charge in [-0.3, -0.25) is 14.4 Å². The monoisotopic (exact) mass is 441 g/mol. The topological polar surface area (TPSA) is 81.7 Å². The maximum atomic E-state index is 11.5. The van der Waals surface area contributed by atoms with Crippen molar-refractivity contribution in [2.75, 3.05) is 24.2 Å². The molecular weight excluding hydrogens is 413 g/mol. The van der Waals surface area contributed by atoms with Gasteiger partial charge in [-0.2, -0.15) is 0 Å². The second kappa shape index (κ2) is 16.0. The third kappa shape index (κ3) is 15.8. The summed E-state index contributed by atoms with van der Waals surface area (Å²) in [5.74, 6) is -0.875. The summed E-state index contributed by atoms with van der Waals surface area (Å²) in [5, 5.41) is 2.79. The Hall–Kier alpha value is -0.860. The van der Waals surface area contributed by atoms with Crippen molar-refractivity contribution < 1.29 is 23.9 Å². The van der Waals surface area contributed by atoms with E-state index in [2.05, 4.69) is 27.9 Å². The number of carbonyl (C=O) groups excluding carboxylic acids is 3. The average Bonchev–Trinajstić information content (AvgIpc) is 2.53. The van der Waals surface area contributed by atoms with Crippen molar-refractivity contribution in [2.45, 2.75) is 58.3 Å². The molecule has 0 bridgehead atoms. The summed E-state index contributed by atoms with van der Waals surface area (Å²) in [6.07, 6.45) is 5.75. The van der Waals surface area contributed by atoms with E-state index in [1.807, 2.05) is 6.92 Å². The van der Waals surface area contributed by atoms with E-state index in [9.17, 15) is 14.4 Å². The van der Waals surface area contributed by atoms with Crippen molar-refractivity contribution in [2.24, 2.45) is 0 Å². The quantitative estimate of drug-likeness (QED) is 0.194. The van der Waals surface area contributed by atoms with Crippen LogP contribution in [-0.2, 0) is 23.9 Å². The fourth-order valence-electron chi connectivity index (χ4n) is 1.76. The number of unbranched alkanes of at least 4 members (excludes halogenated alkanes) is 3. The molecular formula is C16H28INO5. The summed E-state index contributed by atoms with van der Waals surface area (Å²) in [4.78, 5) is 34.0. The molecule has 0 fully saturated rings. The van der Waals surface area contributed by atoms with Crippen molar-refractivity contribution in [3.63, 3.8) is 0 Å². The minimum Gasteiger partial charge on any atom is -0.462 e. The number of nitrogens with one attached hydrogen (secondary N) is 1. The largest absolute Gasteiger partial charge is 0.462 e. The van der Waals surface area contributed by atoms with E-state index in [-0.39, 0.29) is 37.9 Å². The van der Waals surface area contributed by atoms with Crippen molar-refractivity contribution in [1.82, 2.24) is 5.32 Å². The lowest BCUT2D eigenvalue weighted by Gasteiger charge is -2.07. The number of esters is 2. The summed E-state index contributed by atoms with van der Waals surface area (Å²) < 4.78 is 10.9. The molecule has 23 heavy (non-hydrogen) atoms. The van der Waals surface area contributed by atoms with Gasteiger partial charge in [0.15, 0.2) is 0 Å². The predicted molar refractivity (Wildman–Crippen MR) is 96.4 cm³/mol. The van der Waals surface area contributed by atoms with Gasteiger partial charge in [-0.05, 0) is 23.7 Å². The predicted octanol–water partition coefficient (Wildman–Crippen LogP) is 2.76. The first-order chi connectivity index (χ1) is 11.1. The highest BCUT2D eigenvalue weighted by Crippen LogP contribution is 2.01. The first-order valence-electron chi connectivity index (χ1n) is 8.24. The van der Waals surface area contributed by atoms with E-state index in [0.29, 0.717) is 13.0 Å². The molecule has 0 saturated heterocycles. The highest BCUT2D eigenvalue weighted by atomic mass is 127. The Balaban J connectivity index is 3.46. The minimum absolute atomic E-state index is 0.0344. The Morgan fingerprint density at radius 3 is 2.09 bits per heavy atom. The van der Waals surface area contributed by atoms with Gasteiger partial charge in [0, 0.05) is 19.4 Å². The van der Waals surface area contributed by atoms with Crippen LogP contribution in [0.3, 0.4) is 0 Å². The number of hydrogen-bond acceptors (Lipinski definition) is 5. The summed E-state index contributed by atoms with van der Waals surface area (Å²) in [7, 11) is 0. The van der Waals surface area contributed by atoms with Gasteiger partial charge in [0.25, 0.3) is 0 Å². The first kappa shape index (κ1) is 22.1. The fraction of sp³-hybridized carbons (Fsp3) is 0.812. The van der Waals surface area contributed by atoms with Crippen LogP contribution in [0.25, 0.3) is 0 Å². The van der Waals surface area contributed by atoms with Gasteiger partial charge >= 0.3 is 11.9 Å². The molecule has 0 atom stereocenters. The zero-order valence-corrected chi connectivity index (χ0v) is 16.1. The first-order valence-corrected chi connectivity index (χ1v) is 9.76. The standard InChI is InChI=1S/C16H28INO5/c1-2-7-15(20)22-12-13-23-16(21)9-8-14(19)18-11-6-4-3-5-10-17/h2-13H2,1H3,(H,18,19). The Morgan fingerprint density at radius 1 is 0.870 bits per heavy atom. The lowest BCUT2D eigenvalue weighted by atomic mass is 10.2. The summed E-state index contributed by atoms with van der Waals surface area (Å²) in [5.41, 5.74) is 0. The molecule has 0 aromatic heterocycles. The molecule has 7 heteroatoms. The number of hydrogen-bond donors (Lipinski definition) is 1. The van der Waals surface area contributed by atoms with Crippen LogP contribution < -0.4 is 5.32 Å². The summed E-state index contributed by atoms with van der Waals surface area (Å²) >= 11 is 2.36. The molecule has 0 heterocycles. The lowest BCUT2D eigenvalue weighted by molar-refractivity contribution is -0.152. The second-order valence-electron chi connectivity index (χ2n) is 5.14. The van der Waals surface area contributed by atoms with Crippen LogP contribution in [0.4, 0.5) is 0 Å². The number of amides is 1. The van der Waals surface area contributed by atoms with E-state index in [4.69, 9.17) is 9.47 Å². The van der Waals surface area contributed by atoms with Crippen LogP contribution in [0.2, 0.25) is 0 Å². The molecule has 6 nitrogen and oxygen atoms in total. The minimum atomic E-state index is -0.450. The molecule has 0 aromatic carbocycles. The maximum Gasteiger partial charge on any atom is 0.306 e. The smallest absolute Gasteiger partial charge is 0.306 e. The molecule has 0 rings (SSSR count). The number of carbonyl (C=O) groups is 3. The Kier molecular flexibility index (Phi) is 15.4. The van der Waals surface area contributed by atoms with Gasteiger partial charge in [0.2, 0.25) is 5.91 Å². The fourth-order valence-corrected chi connectivity index (χ4v) is 2.30.